The first-order valence-corrected chi connectivity index (χ1v) is 8.71. The molecule has 2 nitrogen and oxygen atoms in total. The Morgan fingerprint density at radius 3 is 2.70 bits per heavy atom. The zero-order valence-electron chi connectivity index (χ0n) is 14.0. The summed E-state index contributed by atoms with van der Waals surface area (Å²) in [5, 5.41) is 3.78. The lowest BCUT2D eigenvalue weighted by Crippen LogP contribution is -2.58. The molecule has 1 N–H and O–H groups in total. The van der Waals surface area contributed by atoms with Crippen molar-refractivity contribution in [2.24, 2.45) is 11.8 Å². The molecule has 0 saturated carbocycles. The van der Waals surface area contributed by atoms with Gasteiger partial charge in [0.15, 0.2) is 0 Å². The highest BCUT2D eigenvalue weighted by molar-refractivity contribution is 5.08. The third-order valence-corrected chi connectivity index (χ3v) is 4.92. The van der Waals surface area contributed by atoms with Crippen molar-refractivity contribution in [3.63, 3.8) is 0 Å². The van der Waals surface area contributed by atoms with Crippen LogP contribution in [0.5, 0.6) is 0 Å². The predicted octanol–water partition coefficient (Wildman–Crippen LogP) is 3.83. The van der Waals surface area contributed by atoms with Gasteiger partial charge in [-0.25, -0.2) is 0 Å². The molecule has 0 aromatic rings. The quantitative estimate of drug-likeness (QED) is 0.743. The fourth-order valence-electron chi connectivity index (χ4n) is 3.79. The molecule has 116 valence electrons. The van der Waals surface area contributed by atoms with Gasteiger partial charge in [0.05, 0.1) is 0 Å². The first-order valence-electron chi connectivity index (χ1n) is 8.71. The van der Waals surface area contributed by atoms with Crippen molar-refractivity contribution in [3.8, 4) is 0 Å². The fourth-order valence-corrected chi connectivity index (χ4v) is 3.79. The van der Waals surface area contributed by atoms with Gasteiger partial charge < -0.3 is 5.32 Å². The van der Waals surface area contributed by atoms with Crippen LogP contribution in [0.2, 0.25) is 0 Å². The van der Waals surface area contributed by atoms with Crippen LogP contribution in [-0.4, -0.2) is 36.6 Å². The maximum atomic E-state index is 3.78. The van der Waals surface area contributed by atoms with Crippen LogP contribution < -0.4 is 5.32 Å². The van der Waals surface area contributed by atoms with Gasteiger partial charge in [0, 0.05) is 31.7 Å². The van der Waals surface area contributed by atoms with E-state index in [0.717, 1.165) is 17.9 Å². The third kappa shape index (κ3) is 4.60. The molecule has 0 spiro atoms. The molecule has 1 aliphatic heterocycles. The van der Waals surface area contributed by atoms with E-state index in [0.29, 0.717) is 6.04 Å². The summed E-state index contributed by atoms with van der Waals surface area (Å²) in [7, 11) is 0. The highest BCUT2D eigenvalue weighted by Crippen LogP contribution is 2.23. The molecule has 2 heteroatoms. The number of piperazine rings is 1. The Bertz CT molecular complexity index is 319. The molecule has 2 rings (SSSR count). The van der Waals surface area contributed by atoms with E-state index in [4.69, 9.17) is 0 Å². The Morgan fingerprint density at radius 2 is 2.10 bits per heavy atom. The number of allylic oxidation sites excluding steroid dienone is 1. The summed E-state index contributed by atoms with van der Waals surface area (Å²) in [5.74, 6) is 1.54. The molecule has 1 aliphatic carbocycles. The number of nitrogens with zero attached hydrogens (tertiary/aromatic N) is 1. The molecule has 2 unspecified atom stereocenters. The second-order valence-electron chi connectivity index (χ2n) is 7.55. The topological polar surface area (TPSA) is 15.3 Å². The number of rotatable bonds is 6. The van der Waals surface area contributed by atoms with Crippen molar-refractivity contribution in [3.05, 3.63) is 11.6 Å². The van der Waals surface area contributed by atoms with Crippen molar-refractivity contribution < 1.29 is 0 Å². The van der Waals surface area contributed by atoms with Crippen molar-refractivity contribution in [2.45, 2.75) is 71.9 Å². The molecule has 0 amide bonds. The van der Waals surface area contributed by atoms with E-state index >= 15 is 0 Å². The lowest BCUT2D eigenvalue weighted by molar-refractivity contribution is 0.0932. The Kier molecular flexibility index (Phi) is 6.10. The van der Waals surface area contributed by atoms with Crippen molar-refractivity contribution in [1.82, 2.24) is 10.2 Å². The van der Waals surface area contributed by atoms with Gasteiger partial charge in [-0.15, -0.1) is 0 Å². The van der Waals surface area contributed by atoms with Crippen LogP contribution in [-0.2, 0) is 0 Å². The summed E-state index contributed by atoms with van der Waals surface area (Å²) in [5.41, 5.74) is 1.71. The first-order chi connectivity index (χ1) is 9.56. The predicted molar refractivity (Wildman–Crippen MR) is 88.0 cm³/mol. The SMILES string of the molecule is CC(C)CC1CN(CCC2=CCCC2)C(C(C)C)CN1. The van der Waals surface area contributed by atoms with E-state index in [9.17, 15) is 0 Å². The largest absolute Gasteiger partial charge is 0.311 e. The number of hydrogen-bond donors (Lipinski definition) is 1. The highest BCUT2D eigenvalue weighted by Gasteiger charge is 2.29. The van der Waals surface area contributed by atoms with Crippen molar-refractivity contribution in [1.29, 1.82) is 0 Å². The number of nitrogens with one attached hydrogen (secondary N) is 1. The molecule has 0 radical (unpaired) electrons. The van der Waals surface area contributed by atoms with Gasteiger partial charge in [-0.1, -0.05) is 39.3 Å². The van der Waals surface area contributed by atoms with Crippen molar-refractivity contribution in [2.75, 3.05) is 19.6 Å². The summed E-state index contributed by atoms with van der Waals surface area (Å²) in [6.45, 7) is 13.1. The molecule has 1 heterocycles. The van der Waals surface area contributed by atoms with E-state index in [2.05, 4.69) is 44.0 Å². The Balaban J connectivity index is 1.88. The Hall–Kier alpha value is -0.340. The second kappa shape index (κ2) is 7.61. The maximum Gasteiger partial charge on any atom is 0.0244 e. The molecule has 2 aliphatic rings. The number of hydrogen-bond acceptors (Lipinski definition) is 2. The van der Waals surface area contributed by atoms with Crippen molar-refractivity contribution >= 4 is 0 Å². The van der Waals surface area contributed by atoms with Gasteiger partial charge in [-0.2, -0.15) is 0 Å². The minimum Gasteiger partial charge on any atom is -0.311 e. The summed E-state index contributed by atoms with van der Waals surface area (Å²) in [4.78, 5) is 2.77. The van der Waals surface area contributed by atoms with Crippen LogP contribution >= 0.6 is 0 Å². The Morgan fingerprint density at radius 1 is 1.30 bits per heavy atom. The molecular formula is C18H34N2. The van der Waals surface area contributed by atoms with Gasteiger partial charge in [0.25, 0.3) is 0 Å². The summed E-state index contributed by atoms with van der Waals surface area (Å²) in [6, 6.07) is 1.42. The van der Waals surface area contributed by atoms with E-state index < -0.39 is 0 Å². The fraction of sp³-hybridized carbons (Fsp3) is 0.889. The molecule has 2 atom stereocenters. The van der Waals surface area contributed by atoms with Crippen LogP contribution in [0.25, 0.3) is 0 Å². The Labute approximate surface area is 126 Å². The normalized spacial score (nSPS) is 28.4. The van der Waals surface area contributed by atoms with E-state index in [1.54, 1.807) is 5.57 Å². The van der Waals surface area contributed by atoms with E-state index in [-0.39, 0.29) is 0 Å². The van der Waals surface area contributed by atoms with Gasteiger partial charge >= 0.3 is 0 Å². The van der Waals surface area contributed by atoms with E-state index in [1.165, 1.54) is 51.7 Å². The van der Waals surface area contributed by atoms with Gasteiger partial charge in [-0.3, -0.25) is 4.90 Å². The zero-order valence-corrected chi connectivity index (χ0v) is 14.0. The summed E-state index contributed by atoms with van der Waals surface area (Å²) < 4.78 is 0. The lowest BCUT2D eigenvalue weighted by Gasteiger charge is -2.43. The average molecular weight is 278 g/mol. The molecule has 1 fully saturated rings. The molecule has 0 bridgehead atoms. The second-order valence-corrected chi connectivity index (χ2v) is 7.55. The van der Waals surface area contributed by atoms with Crippen LogP contribution in [0.1, 0.15) is 59.8 Å². The molecule has 0 aromatic heterocycles. The van der Waals surface area contributed by atoms with Gasteiger partial charge in [0.1, 0.15) is 0 Å². The highest BCUT2D eigenvalue weighted by atomic mass is 15.2. The minimum absolute atomic E-state index is 0.697. The minimum atomic E-state index is 0.697. The van der Waals surface area contributed by atoms with Crippen LogP contribution in [0.15, 0.2) is 11.6 Å². The zero-order chi connectivity index (χ0) is 14.5. The molecule has 0 aromatic carbocycles. The average Bonchev–Trinajstić information content (AvgIpc) is 2.88. The lowest BCUT2D eigenvalue weighted by atomic mass is 9.94. The van der Waals surface area contributed by atoms with Crippen LogP contribution in [0.4, 0.5) is 0 Å². The molecule has 20 heavy (non-hydrogen) atoms. The molecule has 1 saturated heterocycles. The van der Waals surface area contributed by atoms with Gasteiger partial charge in [0.2, 0.25) is 0 Å². The maximum absolute atomic E-state index is 3.78. The first kappa shape index (κ1) is 16.0. The van der Waals surface area contributed by atoms with Gasteiger partial charge in [-0.05, 0) is 43.9 Å². The monoisotopic (exact) mass is 278 g/mol. The van der Waals surface area contributed by atoms with E-state index in [1.807, 2.05) is 0 Å². The standard InChI is InChI=1S/C18H34N2/c1-14(2)11-17-13-20(18(12-19-17)15(3)4)10-9-16-7-5-6-8-16/h7,14-15,17-19H,5-6,8-13H2,1-4H3. The summed E-state index contributed by atoms with van der Waals surface area (Å²) >= 11 is 0. The molecular weight excluding hydrogens is 244 g/mol. The van der Waals surface area contributed by atoms with Crippen LogP contribution in [0, 0.1) is 11.8 Å². The van der Waals surface area contributed by atoms with Crippen LogP contribution in [0.3, 0.4) is 0 Å². The third-order valence-electron chi connectivity index (χ3n) is 4.92. The summed E-state index contributed by atoms with van der Waals surface area (Å²) in [6.07, 6.45) is 9.16. The smallest absolute Gasteiger partial charge is 0.0244 e.